The number of sulfonamides is 1. The molecule has 2 N–H and O–H groups in total. The second kappa shape index (κ2) is 7.94. The van der Waals surface area contributed by atoms with Crippen LogP contribution in [0.5, 0.6) is 0 Å². The fraction of sp³-hybridized carbons (Fsp3) is 0.500. The fourth-order valence-corrected chi connectivity index (χ4v) is 3.96. The van der Waals surface area contributed by atoms with Crippen molar-refractivity contribution in [3.05, 3.63) is 29.8 Å². The maximum atomic E-state index is 12.6. The summed E-state index contributed by atoms with van der Waals surface area (Å²) in [6.07, 6.45) is 0. The monoisotopic (exact) mass is 369 g/mol. The SMILES string of the molecule is Cc1ccc(S(=O)(=O)N2CCN(CC(=O)N[C@@H](C)C(=O)O)CC2)cc1. The second-order valence-electron chi connectivity index (χ2n) is 6.12. The van der Waals surface area contributed by atoms with Gasteiger partial charge in [-0.15, -0.1) is 0 Å². The summed E-state index contributed by atoms with van der Waals surface area (Å²) in [5, 5.41) is 11.2. The van der Waals surface area contributed by atoms with Gasteiger partial charge in [-0.3, -0.25) is 14.5 Å². The Hall–Kier alpha value is -1.97. The molecular weight excluding hydrogens is 346 g/mol. The van der Waals surface area contributed by atoms with Gasteiger partial charge in [0.25, 0.3) is 0 Å². The topological polar surface area (TPSA) is 107 Å². The zero-order valence-corrected chi connectivity index (χ0v) is 15.1. The van der Waals surface area contributed by atoms with E-state index in [1.54, 1.807) is 24.3 Å². The molecular formula is C16H23N3O5S. The third-order valence-electron chi connectivity index (χ3n) is 4.11. The number of aryl methyl sites for hydroxylation is 1. The Kier molecular flexibility index (Phi) is 6.15. The maximum Gasteiger partial charge on any atom is 0.325 e. The highest BCUT2D eigenvalue weighted by molar-refractivity contribution is 7.89. The van der Waals surface area contributed by atoms with Crippen molar-refractivity contribution in [2.75, 3.05) is 32.7 Å². The zero-order chi connectivity index (χ0) is 18.6. The largest absolute Gasteiger partial charge is 0.480 e. The molecule has 1 aromatic rings. The van der Waals surface area contributed by atoms with Crippen molar-refractivity contribution in [3.63, 3.8) is 0 Å². The van der Waals surface area contributed by atoms with Crippen LogP contribution in [0.25, 0.3) is 0 Å². The molecule has 25 heavy (non-hydrogen) atoms. The Bertz CT molecular complexity index is 725. The molecule has 0 saturated carbocycles. The van der Waals surface area contributed by atoms with Crippen molar-refractivity contribution in [1.29, 1.82) is 0 Å². The first-order valence-corrected chi connectivity index (χ1v) is 9.45. The number of nitrogens with one attached hydrogen (secondary N) is 1. The van der Waals surface area contributed by atoms with Crippen molar-refractivity contribution in [3.8, 4) is 0 Å². The Morgan fingerprint density at radius 2 is 1.72 bits per heavy atom. The molecule has 0 spiro atoms. The number of carbonyl (C=O) groups is 2. The molecule has 1 fully saturated rings. The van der Waals surface area contributed by atoms with Crippen LogP contribution in [0.15, 0.2) is 29.2 Å². The number of carboxylic acid groups (broad SMARTS) is 1. The van der Waals surface area contributed by atoms with Gasteiger partial charge in [-0.2, -0.15) is 4.31 Å². The number of aliphatic carboxylic acids is 1. The van der Waals surface area contributed by atoms with Gasteiger partial charge >= 0.3 is 5.97 Å². The minimum atomic E-state index is -3.53. The number of carbonyl (C=O) groups excluding carboxylic acids is 1. The van der Waals surface area contributed by atoms with E-state index < -0.39 is 22.0 Å². The smallest absolute Gasteiger partial charge is 0.325 e. The van der Waals surface area contributed by atoms with E-state index in [0.29, 0.717) is 13.1 Å². The summed E-state index contributed by atoms with van der Waals surface area (Å²) >= 11 is 0. The molecule has 1 amide bonds. The van der Waals surface area contributed by atoms with Gasteiger partial charge in [0.1, 0.15) is 6.04 Å². The first kappa shape index (κ1) is 19.4. The quantitative estimate of drug-likeness (QED) is 0.725. The van der Waals surface area contributed by atoms with E-state index in [1.807, 2.05) is 11.8 Å². The molecule has 0 aliphatic carbocycles. The Balaban J connectivity index is 1.90. The van der Waals surface area contributed by atoms with E-state index in [9.17, 15) is 18.0 Å². The summed E-state index contributed by atoms with van der Waals surface area (Å²) in [6.45, 7) is 4.75. The van der Waals surface area contributed by atoms with Crippen molar-refractivity contribution in [2.45, 2.75) is 24.8 Å². The summed E-state index contributed by atoms with van der Waals surface area (Å²) in [5.41, 5.74) is 0.991. The van der Waals surface area contributed by atoms with Crippen LogP contribution in [0.3, 0.4) is 0 Å². The average molecular weight is 369 g/mol. The third kappa shape index (κ3) is 5.00. The molecule has 2 rings (SSSR count). The van der Waals surface area contributed by atoms with Gasteiger partial charge in [0.15, 0.2) is 0 Å². The average Bonchev–Trinajstić information content (AvgIpc) is 2.55. The molecule has 8 nitrogen and oxygen atoms in total. The van der Waals surface area contributed by atoms with Gasteiger partial charge in [-0.25, -0.2) is 8.42 Å². The fourth-order valence-electron chi connectivity index (χ4n) is 2.54. The molecule has 9 heteroatoms. The summed E-state index contributed by atoms with van der Waals surface area (Å²) in [7, 11) is -3.53. The number of piperazine rings is 1. The van der Waals surface area contributed by atoms with E-state index in [2.05, 4.69) is 5.32 Å². The molecule has 1 aromatic carbocycles. The summed E-state index contributed by atoms with van der Waals surface area (Å²) in [4.78, 5) is 24.6. The van der Waals surface area contributed by atoms with Crippen molar-refractivity contribution < 1.29 is 23.1 Å². The van der Waals surface area contributed by atoms with Crippen LogP contribution in [0.2, 0.25) is 0 Å². The van der Waals surface area contributed by atoms with Crippen LogP contribution in [0, 0.1) is 6.92 Å². The minimum Gasteiger partial charge on any atom is -0.480 e. The van der Waals surface area contributed by atoms with Gasteiger partial charge < -0.3 is 10.4 Å². The first-order chi connectivity index (χ1) is 11.7. The van der Waals surface area contributed by atoms with Crippen molar-refractivity contribution >= 4 is 21.9 Å². The zero-order valence-electron chi connectivity index (χ0n) is 14.3. The molecule has 1 aliphatic heterocycles. The van der Waals surface area contributed by atoms with Crippen molar-refractivity contribution in [1.82, 2.24) is 14.5 Å². The number of carboxylic acids is 1. The summed E-state index contributed by atoms with van der Waals surface area (Å²) in [5.74, 6) is -1.48. The predicted octanol–water partition coefficient (Wildman–Crippen LogP) is -0.109. The number of nitrogens with zero attached hydrogens (tertiary/aromatic N) is 2. The third-order valence-corrected chi connectivity index (χ3v) is 6.02. The van der Waals surface area contributed by atoms with E-state index in [4.69, 9.17) is 5.11 Å². The standard InChI is InChI=1S/C16H23N3O5S/c1-12-3-5-14(6-4-12)25(23,24)19-9-7-18(8-10-19)11-15(20)17-13(2)16(21)22/h3-6,13H,7-11H2,1-2H3,(H,17,20)(H,21,22)/t13-/m0/s1. The summed E-state index contributed by atoms with van der Waals surface area (Å²) < 4.78 is 26.6. The van der Waals surface area contributed by atoms with Crippen molar-refractivity contribution in [2.24, 2.45) is 0 Å². The summed E-state index contributed by atoms with van der Waals surface area (Å²) in [6, 6.07) is 5.76. The molecule has 1 heterocycles. The molecule has 0 bridgehead atoms. The molecule has 1 atom stereocenters. The van der Waals surface area contributed by atoms with Gasteiger partial charge in [0.05, 0.1) is 11.4 Å². The van der Waals surface area contributed by atoms with Crippen LogP contribution in [-0.4, -0.2) is 73.4 Å². The molecule has 138 valence electrons. The Morgan fingerprint density at radius 1 is 1.16 bits per heavy atom. The highest BCUT2D eigenvalue weighted by Crippen LogP contribution is 2.18. The number of hydrogen-bond donors (Lipinski definition) is 2. The molecule has 1 saturated heterocycles. The number of benzene rings is 1. The van der Waals surface area contributed by atoms with Crippen LogP contribution < -0.4 is 5.32 Å². The number of hydrogen-bond acceptors (Lipinski definition) is 5. The first-order valence-electron chi connectivity index (χ1n) is 8.01. The highest BCUT2D eigenvalue weighted by atomic mass is 32.2. The number of amides is 1. The molecule has 1 aliphatic rings. The normalized spacial score (nSPS) is 17.8. The Labute approximate surface area is 147 Å². The van der Waals surface area contributed by atoms with Gasteiger partial charge in [0.2, 0.25) is 15.9 Å². The molecule has 0 radical (unpaired) electrons. The number of rotatable bonds is 6. The Morgan fingerprint density at radius 3 is 2.24 bits per heavy atom. The predicted molar refractivity (Wildman–Crippen MR) is 91.6 cm³/mol. The van der Waals surface area contributed by atoms with Crippen LogP contribution in [0.1, 0.15) is 12.5 Å². The second-order valence-corrected chi connectivity index (χ2v) is 8.06. The lowest BCUT2D eigenvalue weighted by atomic mass is 10.2. The van der Waals surface area contributed by atoms with Crippen LogP contribution >= 0.6 is 0 Å². The van der Waals surface area contributed by atoms with E-state index >= 15 is 0 Å². The van der Waals surface area contributed by atoms with E-state index in [1.165, 1.54) is 11.2 Å². The maximum absolute atomic E-state index is 12.6. The van der Waals surface area contributed by atoms with E-state index in [-0.39, 0.29) is 30.4 Å². The van der Waals surface area contributed by atoms with Crippen LogP contribution in [-0.2, 0) is 19.6 Å². The van der Waals surface area contributed by atoms with Gasteiger partial charge in [-0.1, -0.05) is 17.7 Å². The van der Waals surface area contributed by atoms with Gasteiger partial charge in [-0.05, 0) is 26.0 Å². The van der Waals surface area contributed by atoms with E-state index in [0.717, 1.165) is 5.56 Å². The lowest BCUT2D eigenvalue weighted by Gasteiger charge is -2.33. The lowest BCUT2D eigenvalue weighted by molar-refractivity contribution is -0.141. The minimum absolute atomic E-state index is 0.0516. The lowest BCUT2D eigenvalue weighted by Crippen LogP contribution is -2.52. The van der Waals surface area contributed by atoms with Gasteiger partial charge in [0, 0.05) is 26.2 Å². The highest BCUT2D eigenvalue weighted by Gasteiger charge is 2.29. The molecule has 0 unspecified atom stereocenters. The molecule has 0 aromatic heterocycles. The van der Waals surface area contributed by atoms with Crippen LogP contribution in [0.4, 0.5) is 0 Å².